The molecular weight excluding hydrogens is 707 g/mol. The van der Waals surface area contributed by atoms with Crippen LogP contribution in [0.15, 0.2) is 89.8 Å². The van der Waals surface area contributed by atoms with Gasteiger partial charge >= 0.3 is 0 Å². The van der Waals surface area contributed by atoms with E-state index in [1.54, 1.807) is 21.3 Å². The van der Waals surface area contributed by atoms with Crippen LogP contribution < -0.4 is 14.2 Å². The number of aryl methyl sites for hydroxylation is 2. The maximum atomic E-state index is 15.5. The number of aliphatic hydroxyl groups is 2. The monoisotopic (exact) mass is 757 g/mol. The average Bonchev–Trinajstić information content (AvgIpc) is 3.66. The lowest BCUT2D eigenvalue weighted by atomic mass is 9.96. The van der Waals surface area contributed by atoms with Gasteiger partial charge in [-0.1, -0.05) is 61.4 Å². The van der Waals surface area contributed by atoms with Crippen molar-refractivity contribution in [1.29, 1.82) is 0 Å². The molecule has 0 unspecified atom stereocenters. The van der Waals surface area contributed by atoms with Gasteiger partial charge in [-0.25, -0.2) is 8.42 Å². The molecule has 0 aliphatic carbocycles. The highest BCUT2D eigenvalue weighted by Gasteiger charge is 2.33. The molecule has 2 N–H and O–H groups in total. The molecule has 4 aromatic carbocycles. The highest BCUT2D eigenvalue weighted by Crippen LogP contribution is 2.37. The van der Waals surface area contributed by atoms with Gasteiger partial charge < -0.3 is 24.4 Å². The molecule has 1 heterocycles. The van der Waals surface area contributed by atoms with Gasteiger partial charge in [-0.3, -0.25) is 0 Å². The van der Waals surface area contributed by atoms with Crippen LogP contribution in [0.2, 0.25) is 0 Å². The summed E-state index contributed by atoms with van der Waals surface area (Å²) in [4.78, 5) is 1.64. The Morgan fingerprint density at radius 2 is 1.07 bits per heavy atom. The lowest BCUT2D eigenvalue weighted by Crippen LogP contribution is -2.32. The zero-order valence-electron chi connectivity index (χ0n) is 31.4. The van der Waals surface area contributed by atoms with Crippen LogP contribution in [0.4, 0.5) is 0 Å². The van der Waals surface area contributed by atoms with Crippen LogP contribution in [0.3, 0.4) is 0 Å². The molecule has 1 aromatic heterocycles. The van der Waals surface area contributed by atoms with Crippen molar-refractivity contribution in [2.24, 2.45) is 0 Å². The van der Waals surface area contributed by atoms with E-state index in [4.69, 9.17) is 19.3 Å². The van der Waals surface area contributed by atoms with E-state index in [2.05, 4.69) is 10.3 Å². The summed E-state index contributed by atoms with van der Waals surface area (Å²) in [7, 11) is 0.557. The van der Waals surface area contributed by atoms with E-state index in [0.717, 1.165) is 47.3 Å². The first-order chi connectivity index (χ1) is 26.3. The van der Waals surface area contributed by atoms with Gasteiger partial charge in [-0.15, -0.1) is 10.2 Å². The Morgan fingerprint density at radius 3 is 1.56 bits per heavy atom. The molecule has 5 aromatic rings. The molecule has 12 nitrogen and oxygen atoms in total. The van der Waals surface area contributed by atoms with Crippen LogP contribution in [0, 0.1) is 0 Å². The number of hydrogen-bond acceptors (Lipinski definition) is 10. The number of sulfonamides is 1. The first-order valence-electron chi connectivity index (χ1n) is 18.3. The lowest BCUT2D eigenvalue weighted by Gasteiger charge is -2.26. The summed E-state index contributed by atoms with van der Waals surface area (Å²) in [5.74, 6) is 2.31. The highest BCUT2D eigenvalue weighted by molar-refractivity contribution is 7.89. The largest absolute Gasteiger partial charge is 0.497 e. The maximum Gasteiger partial charge on any atom is 0.244 e. The van der Waals surface area contributed by atoms with Gasteiger partial charge in [0.15, 0.2) is 0 Å². The predicted molar refractivity (Wildman–Crippen MR) is 207 cm³/mol. The Balaban J connectivity index is 1.65. The van der Waals surface area contributed by atoms with Crippen molar-refractivity contribution in [3.8, 4) is 28.6 Å². The topological polar surface area (TPSA) is 149 Å². The van der Waals surface area contributed by atoms with Gasteiger partial charge in [0.05, 0.1) is 32.8 Å². The van der Waals surface area contributed by atoms with Crippen molar-refractivity contribution in [2.75, 3.05) is 34.5 Å². The lowest BCUT2D eigenvalue weighted by molar-refractivity contribution is 0.283. The fraction of sp³-hybridized carbons (Fsp3) is 0.390. The Morgan fingerprint density at radius 1 is 0.611 bits per heavy atom. The number of unbranched alkanes of at least 4 members (excludes halogenated alkanes) is 4. The van der Waals surface area contributed by atoms with E-state index in [0.29, 0.717) is 61.3 Å². The van der Waals surface area contributed by atoms with Gasteiger partial charge in [-0.05, 0) is 108 Å². The molecular formula is C41H51N5O7S. The number of methoxy groups -OCH3 is 3. The quantitative estimate of drug-likeness (QED) is 0.0781. The zero-order valence-corrected chi connectivity index (χ0v) is 32.2. The second kappa shape index (κ2) is 20.0. The zero-order chi connectivity index (χ0) is 38.3. The number of ether oxygens (including phenoxy) is 3. The van der Waals surface area contributed by atoms with E-state index in [1.165, 1.54) is 9.10 Å². The third-order valence-corrected chi connectivity index (χ3v) is 11.2. The van der Waals surface area contributed by atoms with Crippen molar-refractivity contribution >= 4 is 10.0 Å². The first kappa shape index (κ1) is 40.4. The molecule has 0 fully saturated rings. The van der Waals surface area contributed by atoms with Crippen molar-refractivity contribution in [3.05, 3.63) is 113 Å². The fourth-order valence-corrected chi connectivity index (χ4v) is 8.23. The number of aliphatic hydroxyl groups excluding tert-OH is 2. The number of nitrogens with zero attached hydrogens (tertiary/aromatic N) is 5. The summed E-state index contributed by atoms with van der Waals surface area (Å²) in [6.07, 6.45) is 5.26. The van der Waals surface area contributed by atoms with Crippen molar-refractivity contribution < 1.29 is 32.8 Å². The number of tetrazole rings is 1. The van der Waals surface area contributed by atoms with Crippen molar-refractivity contribution in [1.82, 2.24) is 24.5 Å². The predicted octanol–water partition coefficient (Wildman–Crippen LogP) is 6.22. The molecule has 0 aliphatic rings. The van der Waals surface area contributed by atoms with Crippen LogP contribution in [-0.2, 0) is 42.5 Å². The number of aromatic nitrogens is 4. The molecule has 0 bridgehead atoms. The van der Waals surface area contributed by atoms with Gasteiger partial charge in [0.2, 0.25) is 15.8 Å². The normalized spacial score (nSPS) is 11.6. The van der Waals surface area contributed by atoms with E-state index in [1.807, 2.05) is 84.9 Å². The second-order valence-electron chi connectivity index (χ2n) is 13.1. The number of rotatable bonds is 22. The minimum Gasteiger partial charge on any atom is -0.497 e. The van der Waals surface area contributed by atoms with Crippen LogP contribution >= 0.6 is 0 Å². The smallest absolute Gasteiger partial charge is 0.244 e. The van der Waals surface area contributed by atoms with Crippen LogP contribution in [0.25, 0.3) is 11.4 Å². The fourth-order valence-electron chi connectivity index (χ4n) is 6.35. The molecule has 0 aliphatic heterocycles. The summed E-state index contributed by atoms with van der Waals surface area (Å²) in [6, 6.07) is 26.2. The third kappa shape index (κ3) is 10.7. The molecule has 0 saturated carbocycles. The van der Waals surface area contributed by atoms with Gasteiger partial charge in [0, 0.05) is 31.9 Å². The summed E-state index contributed by atoms with van der Waals surface area (Å²) in [5, 5.41) is 32.6. The van der Waals surface area contributed by atoms with E-state index < -0.39 is 10.0 Å². The molecule has 0 amide bonds. The average molecular weight is 758 g/mol. The van der Waals surface area contributed by atoms with Crippen LogP contribution in [0.1, 0.15) is 66.3 Å². The maximum absolute atomic E-state index is 15.5. The van der Waals surface area contributed by atoms with Crippen LogP contribution in [0.5, 0.6) is 17.2 Å². The Bertz CT molecular complexity index is 1950. The Hall–Kier alpha value is -4.82. The molecule has 0 spiro atoms. The highest BCUT2D eigenvalue weighted by atomic mass is 32.2. The molecule has 0 radical (unpaired) electrons. The van der Waals surface area contributed by atoms with Gasteiger partial charge in [0.25, 0.3) is 0 Å². The van der Waals surface area contributed by atoms with Crippen molar-refractivity contribution in [2.45, 2.75) is 75.9 Å². The third-order valence-electron chi connectivity index (χ3n) is 9.33. The Kier molecular flexibility index (Phi) is 15.0. The SMILES string of the molecule is COc1ccc(CN(Cc2ccc(OC)cc2)S(=O)(=O)c2c(CCCCCO)ccc(CCCCCO)c2-c2nnn(Cc3ccc(OC)cc3)n2)cc1. The summed E-state index contributed by atoms with van der Waals surface area (Å²) in [6.45, 7) is 0.682. The van der Waals surface area contributed by atoms with E-state index >= 15 is 8.42 Å². The molecule has 288 valence electrons. The number of hydrogen-bond donors (Lipinski definition) is 2. The van der Waals surface area contributed by atoms with Crippen molar-refractivity contribution in [3.63, 3.8) is 0 Å². The molecule has 5 rings (SSSR count). The Labute approximate surface area is 318 Å². The summed E-state index contributed by atoms with van der Waals surface area (Å²) < 4.78 is 48.5. The minimum absolute atomic E-state index is 0.0713. The van der Waals surface area contributed by atoms with Gasteiger partial charge in [-0.2, -0.15) is 9.10 Å². The van der Waals surface area contributed by atoms with E-state index in [-0.39, 0.29) is 37.0 Å². The molecule has 0 atom stereocenters. The standard InChI is InChI=1S/C41H51N5O7S/c1-51-36-20-12-31(13-21-36)28-45(29-32-14-22-37(52-2)23-15-32)54(49,50)40-35(11-7-5-9-27-48)19-18-34(10-6-4-8-26-47)39(40)41-42-44-46(43-41)30-33-16-24-38(53-3)25-17-33/h12-25,47-48H,4-11,26-30H2,1-3H3. The minimum atomic E-state index is -4.25. The molecule has 54 heavy (non-hydrogen) atoms. The molecule has 13 heteroatoms. The molecule has 0 saturated heterocycles. The van der Waals surface area contributed by atoms with E-state index in [9.17, 15) is 10.2 Å². The summed E-state index contributed by atoms with van der Waals surface area (Å²) in [5.41, 5.74) is 4.41. The second-order valence-corrected chi connectivity index (χ2v) is 15.0. The summed E-state index contributed by atoms with van der Waals surface area (Å²) >= 11 is 0. The number of benzene rings is 4. The van der Waals surface area contributed by atoms with Gasteiger partial charge in [0.1, 0.15) is 17.2 Å². The van der Waals surface area contributed by atoms with Crippen LogP contribution in [-0.4, -0.2) is 77.7 Å². The first-order valence-corrected chi connectivity index (χ1v) is 19.8.